The molecule has 0 fully saturated rings. The van der Waals surface area contributed by atoms with Crippen molar-refractivity contribution in [3.8, 4) is 11.5 Å². The van der Waals surface area contributed by atoms with Crippen LogP contribution in [0.25, 0.3) is 0 Å². The second-order valence-corrected chi connectivity index (χ2v) is 6.56. The lowest BCUT2D eigenvalue weighted by atomic mass is 10.3. The van der Waals surface area contributed by atoms with E-state index in [1.54, 1.807) is 0 Å². The molecule has 0 saturated carbocycles. The van der Waals surface area contributed by atoms with Crippen LogP contribution in [-0.4, -0.2) is 38.9 Å². The monoisotopic (exact) mass is 323 g/mol. The number of fused-ring (bicyclic) bond motifs is 1. The molecule has 3 rings (SSSR count). The minimum atomic E-state index is -3.99. The number of sulfonamides is 1. The van der Waals surface area contributed by atoms with Crippen LogP contribution in [-0.2, 0) is 10.0 Å². The van der Waals surface area contributed by atoms with Gasteiger partial charge in [-0.25, -0.2) is 12.7 Å². The van der Waals surface area contributed by atoms with Crippen LogP contribution < -0.4 is 9.47 Å². The smallest absolute Gasteiger partial charge is 0.270 e. The Balaban J connectivity index is 1.94. The van der Waals surface area contributed by atoms with Gasteiger partial charge in [-0.3, -0.25) is 4.79 Å². The molecule has 0 atom stereocenters. The molecule has 0 spiro atoms. The van der Waals surface area contributed by atoms with E-state index in [9.17, 15) is 13.2 Å². The molecule has 1 amide bonds. The van der Waals surface area contributed by atoms with Gasteiger partial charge in [0.25, 0.3) is 15.9 Å². The van der Waals surface area contributed by atoms with E-state index in [-0.39, 0.29) is 10.5 Å². The number of carbonyl (C=O) groups is 1. The van der Waals surface area contributed by atoms with Crippen molar-refractivity contribution >= 4 is 15.9 Å². The van der Waals surface area contributed by atoms with Crippen LogP contribution >= 0.6 is 0 Å². The van der Waals surface area contributed by atoms with Crippen LogP contribution in [0.15, 0.2) is 46.1 Å². The van der Waals surface area contributed by atoms with E-state index in [1.807, 2.05) is 0 Å². The SMILES string of the molecule is CN(C(=O)c1ccoc1)S(=O)(=O)c1ccc2c(c1)OCCO2. The summed E-state index contributed by atoms with van der Waals surface area (Å²) in [6.45, 7) is 0.762. The maximum atomic E-state index is 12.5. The van der Waals surface area contributed by atoms with Crippen molar-refractivity contribution in [1.29, 1.82) is 0 Å². The number of benzene rings is 1. The Bertz CT molecular complexity index is 797. The number of hydrogen-bond acceptors (Lipinski definition) is 6. The summed E-state index contributed by atoms with van der Waals surface area (Å²) >= 11 is 0. The number of nitrogens with zero attached hydrogens (tertiary/aromatic N) is 1. The highest BCUT2D eigenvalue weighted by molar-refractivity contribution is 7.89. The first kappa shape index (κ1) is 14.5. The van der Waals surface area contributed by atoms with Gasteiger partial charge >= 0.3 is 0 Å². The van der Waals surface area contributed by atoms with Crippen molar-refractivity contribution in [2.45, 2.75) is 4.90 Å². The normalized spacial score (nSPS) is 13.7. The number of carbonyl (C=O) groups excluding carboxylic acids is 1. The van der Waals surface area contributed by atoms with Crippen LogP contribution in [0.2, 0.25) is 0 Å². The summed E-state index contributed by atoms with van der Waals surface area (Å²) in [5, 5.41) is 0. The topological polar surface area (TPSA) is 86.1 Å². The predicted molar refractivity (Wildman–Crippen MR) is 75.4 cm³/mol. The lowest BCUT2D eigenvalue weighted by molar-refractivity contribution is 0.0882. The first-order chi connectivity index (χ1) is 10.5. The molecule has 0 radical (unpaired) electrons. The average Bonchev–Trinajstić information content (AvgIpc) is 3.07. The fourth-order valence-electron chi connectivity index (χ4n) is 2.02. The summed E-state index contributed by atoms with van der Waals surface area (Å²) in [6, 6.07) is 5.64. The highest BCUT2D eigenvalue weighted by Gasteiger charge is 2.28. The summed E-state index contributed by atoms with van der Waals surface area (Å²) < 4.78 is 41.2. The lowest BCUT2D eigenvalue weighted by Gasteiger charge is -2.21. The molecule has 1 aliphatic rings. The minimum Gasteiger partial charge on any atom is -0.486 e. The van der Waals surface area contributed by atoms with E-state index >= 15 is 0 Å². The Morgan fingerprint density at radius 2 is 1.86 bits per heavy atom. The summed E-state index contributed by atoms with van der Waals surface area (Å²) in [5.41, 5.74) is 0.156. The molecule has 116 valence electrons. The fraction of sp³-hybridized carbons (Fsp3) is 0.214. The van der Waals surface area contributed by atoms with Gasteiger partial charge in [0.05, 0.1) is 16.7 Å². The zero-order chi connectivity index (χ0) is 15.7. The Morgan fingerprint density at radius 3 is 2.55 bits per heavy atom. The molecule has 0 bridgehead atoms. The van der Waals surface area contributed by atoms with Crippen molar-refractivity contribution in [2.24, 2.45) is 0 Å². The summed E-state index contributed by atoms with van der Waals surface area (Å²) in [4.78, 5) is 12.1. The number of furan rings is 1. The molecule has 0 saturated heterocycles. The zero-order valence-corrected chi connectivity index (χ0v) is 12.5. The molecular formula is C14H13NO6S. The van der Waals surface area contributed by atoms with Gasteiger partial charge in [0, 0.05) is 13.1 Å². The average molecular weight is 323 g/mol. The third-order valence-electron chi connectivity index (χ3n) is 3.23. The van der Waals surface area contributed by atoms with Crippen molar-refractivity contribution in [2.75, 3.05) is 20.3 Å². The molecule has 0 N–H and O–H groups in total. The number of amides is 1. The Labute approximate surface area is 127 Å². The van der Waals surface area contributed by atoms with Crippen molar-refractivity contribution in [1.82, 2.24) is 4.31 Å². The quantitative estimate of drug-likeness (QED) is 0.851. The van der Waals surface area contributed by atoms with E-state index in [2.05, 4.69) is 0 Å². The predicted octanol–water partition coefficient (Wildman–Crippen LogP) is 1.51. The van der Waals surface area contributed by atoms with Crippen molar-refractivity contribution in [3.05, 3.63) is 42.4 Å². The standard InChI is InChI=1S/C14H13NO6S/c1-15(14(16)10-4-5-19-9-10)22(17,18)11-2-3-12-13(8-11)21-7-6-20-12/h2-5,8-9H,6-7H2,1H3. The molecule has 1 aromatic carbocycles. The highest BCUT2D eigenvalue weighted by atomic mass is 32.2. The number of rotatable bonds is 3. The molecule has 0 aliphatic carbocycles. The van der Waals surface area contributed by atoms with Crippen LogP contribution in [0.1, 0.15) is 10.4 Å². The Hall–Kier alpha value is -2.48. The molecular weight excluding hydrogens is 310 g/mol. The molecule has 1 aliphatic heterocycles. The zero-order valence-electron chi connectivity index (χ0n) is 11.7. The molecule has 0 unspecified atom stereocenters. The molecule has 2 heterocycles. The summed E-state index contributed by atoms with van der Waals surface area (Å²) in [6.07, 6.45) is 2.50. The summed E-state index contributed by atoms with van der Waals surface area (Å²) in [5.74, 6) is 0.147. The second kappa shape index (κ2) is 5.38. The van der Waals surface area contributed by atoms with Gasteiger partial charge in [-0.1, -0.05) is 0 Å². The van der Waals surface area contributed by atoms with Crippen molar-refractivity contribution < 1.29 is 27.1 Å². The maximum Gasteiger partial charge on any atom is 0.270 e. The van der Waals surface area contributed by atoms with Gasteiger partial charge in [-0.15, -0.1) is 0 Å². The van der Waals surface area contributed by atoms with Gasteiger partial charge in [0.15, 0.2) is 11.5 Å². The van der Waals surface area contributed by atoms with Gasteiger partial charge in [0.1, 0.15) is 19.5 Å². The van der Waals surface area contributed by atoms with Crippen LogP contribution in [0, 0.1) is 0 Å². The maximum absolute atomic E-state index is 12.5. The van der Waals surface area contributed by atoms with Crippen LogP contribution in [0.5, 0.6) is 11.5 Å². The highest BCUT2D eigenvalue weighted by Crippen LogP contribution is 2.33. The number of hydrogen-bond donors (Lipinski definition) is 0. The first-order valence-corrected chi connectivity index (χ1v) is 7.89. The fourth-order valence-corrected chi connectivity index (χ4v) is 3.16. The van der Waals surface area contributed by atoms with Gasteiger partial charge in [-0.05, 0) is 18.2 Å². The minimum absolute atomic E-state index is 0.0453. The number of ether oxygens (including phenoxy) is 2. The molecule has 7 nitrogen and oxygen atoms in total. The Kier molecular flexibility index (Phi) is 3.53. The molecule has 22 heavy (non-hydrogen) atoms. The van der Waals surface area contributed by atoms with Gasteiger partial charge in [0.2, 0.25) is 0 Å². The molecule has 8 heteroatoms. The third kappa shape index (κ3) is 2.41. The van der Waals surface area contributed by atoms with Gasteiger partial charge in [-0.2, -0.15) is 0 Å². The Morgan fingerprint density at radius 1 is 1.14 bits per heavy atom. The lowest BCUT2D eigenvalue weighted by Crippen LogP contribution is -2.33. The van der Waals surface area contributed by atoms with Crippen molar-refractivity contribution in [3.63, 3.8) is 0 Å². The molecule has 1 aromatic heterocycles. The van der Waals surface area contributed by atoms with Gasteiger partial charge < -0.3 is 13.9 Å². The van der Waals surface area contributed by atoms with Crippen LogP contribution in [0.3, 0.4) is 0 Å². The van der Waals surface area contributed by atoms with E-state index in [1.165, 1.54) is 43.8 Å². The third-order valence-corrected chi connectivity index (χ3v) is 4.96. The largest absolute Gasteiger partial charge is 0.486 e. The van der Waals surface area contributed by atoms with E-state index in [0.29, 0.717) is 29.0 Å². The van der Waals surface area contributed by atoms with E-state index in [0.717, 1.165) is 0 Å². The van der Waals surface area contributed by atoms with E-state index in [4.69, 9.17) is 13.9 Å². The van der Waals surface area contributed by atoms with E-state index < -0.39 is 15.9 Å². The molecule has 2 aromatic rings. The second-order valence-electron chi connectivity index (χ2n) is 4.60. The van der Waals surface area contributed by atoms with Crippen LogP contribution in [0.4, 0.5) is 0 Å². The summed E-state index contributed by atoms with van der Waals surface area (Å²) in [7, 11) is -2.80. The first-order valence-electron chi connectivity index (χ1n) is 6.45.